The molecule has 4 rings (SSSR count). The number of hydrogen-bond acceptors (Lipinski definition) is 6. The molecule has 1 unspecified atom stereocenters. The van der Waals surface area contributed by atoms with Crippen LogP contribution < -0.4 is 0 Å². The van der Waals surface area contributed by atoms with E-state index in [1.165, 1.54) is 11.3 Å². The van der Waals surface area contributed by atoms with E-state index < -0.39 is 10.0 Å². The molecule has 2 aromatic carbocycles. The van der Waals surface area contributed by atoms with Gasteiger partial charge < -0.3 is 4.74 Å². The van der Waals surface area contributed by atoms with Crippen molar-refractivity contribution in [1.29, 1.82) is 0 Å². The van der Waals surface area contributed by atoms with Gasteiger partial charge in [0, 0.05) is 6.54 Å². The molecule has 152 valence electrons. The molecule has 0 amide bonds. The van der Waals surface area contributed by atoms with E-state index in [0.29, 0.717) is 24.7 Å². The molecule has 1 aliphatic heterocycles. The molecule has 0 spiro atoms. The highest BCUT2D eigenvalue weighted by Gasteiger charge is 2.38. The van der Waals surface area contributed by atoms with Crippen LogP contribution in [0.3, 0.4) is 0 Å². The lowest BCUT2D eigenvalue weighted by Crippen LogP contribution is -2.30. The molecule has 2 heterocycles. The van der Waals surface area contributed by atoms with Gasteiger partial charge in [-0.15, -0.1) is 10.2 Å². The Morgan fingerprint density at radius 3 is 2.59 bits per heavy atom. The second kappa shape index (κ2) is 8.71. The summed E-state index contributed by atoms with van der Waals surface area (Å²) in [5, 5.41) is 9.99. The van der Waals surface area contributed by atoms with Crippen molar-refractivity contribution < 1.29 is 13.2 Å². The lowest BCUT2D eigenvalue weighted by Gasteiger charge is -2.22. The molecule has 6 nitrogen and oxygen atoms in total. The Morgan fingerprint density at radius 1 is 1.07 bits per heavy atom. The summed E-state index contributed by atoms with van der Waals surface area (Å²) in [6.07, 6.45) is 1.57. The van der Waals surface area contributed by atoms with Crippen molar-refractivity contribution in [2.45, 2.75) is 43.9 Å². The highest BCUT2D eigenvalue weighted by molar-refractivity contribution is 7.89. The van der Waals surface area contributed by atoms with Crippen molar-refractivity contribution in [3.05, 3.63) is 75.7 Å². The van der Waals surface area contributed by atoms with Gasteiger partial charge in [0.2, 0.25) is 10.0 Å². The number of ether oxygens (including phenoxy) is 1. The number of nitrogens with zero attached hydrogens (tertiary/aromatic N) is 3. The third-order valence-corrected chi connectivity index (χ3v) is 7.86. The maximum Gasteiger partial charge on any atom is 0.243 e. The standard InChI is InChI=1S/C21H23N3O3S2/c1-16-9-11-18(12-10-16)29(25,26)24-13-5-8-19(24)21-23-22-20(28-21)15-27-14-17-6-3-2-4-7-17/h2-4,6-7,9-12,19H,5,8,13-15H2,1H3. The van der Waals surface area contributed by atoms with Crippen LogP contribution in [0.5, 0.6) is 0 Å². The Hall–Kier alpha value is -2.13. The Bertz CT molecular complexity index is 1050. The first-order valence-electron chi connectivity index (χ1n) is 9.56. The zero-order chi connectivity index (χ0) is 20.3. The van der Waals surface area contributed by atoms with Crippen molar-refractivity contribution in [1.82, 2.24) is 14.5 Å². The molecule has 1 aliphatic rings. The van der Waals surface area contributed by atoms with Crippen molar-refractivity contribution in [3.63, 3.8) is 0 Å². The zero-order valence-corrected chi connectivity index (χ0v) is 17.8. The van der Waals surface area contributed by atoms with Gasteiger partial charge in [0.1, 0.15) is 16.6 Å². The van der Waals surface area contributed by atoms with E-state index >= 15 is 0 Å². The fraction of sp³-hybridized carbons (Fsp3) is 0.333. The summed E-state index contributed by atoms with van der Waals surface area (Å²) in [4.78, 5) is 0.325. The molecule has 1 atom stereocenters. The SMILES string of the molecule is Cc1ccc(S(=O)(=O)N2CCCC2c2nnc(COCc3ccccc3)s2)cc1. The predicted molar refractivity (Wildman–Crippen MR) is 112 cm³/mol. The number of sulfonamides is 1. The molecule has 3 aromatic rings. The molecule has 1 aromatic heterocycles. The molecular formula is C21H23N3O3S2. The summed E-state index contributed by atoms with van der Waals surface area (Å²) in [5.74, 6) is 0. The van der Waals surface area contributed by atoms with E-state index in [2.05, 4.69) is 10.2 Å². The average molecular weight is 430 g/mol. The number of rotatable bonds is 7. The first-order valence-corrected chi connectivity index (χ1v) is 11.8. The van der Waals surface area contributed by atoms with Crippen LogP contribution in [-0.2, 0) is 28.0 Å². The topological polar surface area (TPSA) is 72.4 Å². The zero-order valence-electron chi connectivity index (χ0n) is 16.2. The van der Waals surface area contributed by atoms with Crippen LogP contribution in [0, 0.1) is 6.92 Å². The van der Waals surface area contributed by atoms with Crippen molar-refractivity contribution >= 4 is 21.4 Å². The normalized spacial score (nSPS) is 17.6. The van der Waals surface area contributed by atoms with Gasteiger partial charge in [-0.1, -0.05) is 59.4 Å². The van der Waals surface area contributed by atoms with Gasteiger partial charge in [-0.2, -0.15) is 4.31 Å². The van der Waals surface area contributed by atoms with Gasteiger partial charge in [-0.25, -0.2) is 8.42 Å². The molecule has 8 heteroatoms. The Morgan fingerprint density at radius 2 is 1.83 bits per heavy atom. The minimum atomic E-state index is -3.56. The fourth-order valence-corrected chi connectivity index (χ4v) is 6.07. The summed E-state index contributed by atoms with van der Waals surface area (Å²) >= 11 is 1.43. The van der Waals surface area contributed by atoms with Gasteiger partial charge in [-0.3, -0.25) is 0 Å². The van der Waals surface area contributed by atoms with Crippen LogP contribution in [0.25, 0.3) is 0 Å². The summed E-state index contributed by atoms with van der Waals surface area (Å²) in [6.45, 7) is 3.31. The van der Waals surface area contributed by atoms with Gasteiger partial charge in [-0.05, 0) is 37.5 Å². The maximum absolute atomic E-state index is 13.1. The summed E-state index contributed by atoms with van der Waals surface area (Å²) in [7, 11) is -3.56. The van der Waals surface area contributed by atoms with E-state index in [4.69, 9.17) is 4.74 Å². The van der Waals surface area contributed by atoms with Gasteiger partial charge in [0.15, 0.2) is 0 Å². The monoisotopic (exact) mass is 429 g/mol. The molecule has 1 fully saturated rings. The molecule has 0 radical (unpaired) electrons. The third kappa shape index (κ3) is 4.56. The van der Waals surface area contributed by atoms with Crippen LogP contribution in [-0.4, -0.2) is 29.5 Å². The van der Waals surface area contributed by atoms with Crippen LogP contribution >= 0.6 is 11.3 Å². The van der Waals surface area contributed by atoms with E-state index in [1.807, 2.05) is 49.4 Å². The van der Waals surface area contributed by atoms with Crippen molar-refractivity contribution in [2.24, 2.45) is 0 Å². The van der Waals surface area contributed by atoms with Crippen molar-refractivity contribution in [3.8, 4) is 0 Å². The highest BCUT2D eigenvalue weighted by atomic mass is 32.2. The predicted octanol–water partition coefficient (Wildman–Crippen LogP) is 4.09. The van der Waals surface area contributed by atoms with E-state index in [9.17, 15) is 8.42 Å². The molecular weight excluding hydrogens is 406 g/mol. The minimum absolute atomic E-state index is 0.262. The molecule has 29 heavy (non-hydrogen) atoms. The molecule has 0 saturated carbocycles. The molecule has 0 aliphatic carbocycles. The Kier molecular flexibility index (Phi) is 6.05. The smallest absolute Gasteiger partial charge is 0.243 e. The number of aryl methyl sites for hydroxylation is 1. The summed E-state index contributed by atoms with van der Waals surface area (Å²) < 4.78 is 33.5. The van der Waals surface area contributed by atoms with Gasteiger partial charge >= 0.3 is 0 Å². The lowest BCUT2D eigenvalue weighted by molar-refractivity contribution is 0.106. The molecule has 1 saturated heterocycles. The molecule has 0 N–H and O–H groups in total. The second-order valence-electron chi connectivity index (χ2n) is 7.10. The Balaban J connectivity index is 1.44. The summed E-state index contributed by atoms with van der Waals surface area (Å²) in [5.41, 5.74) is 2.13. The highest BCUT2D eigenvalue weighted by Crippen LogP contribution is 2.37. The largest absolute Gasteiger partial charge is 0.370 e. The van der Waals surface area contributed by atoms with Gasteiger partial charge in [0.05, 0.1) is 17.5 Å². The van der Waals surface area contributed by atoms with Crippen molar-refractivity contribution in [2.75, 3.05) is 6.54 Å². The minimum Gasteiger partial charge on any atom is -0.370 e. The summed E-state index contributed by atoms with van der Waals surface area (Å²) in [6, 6.07) is 16.7. The number of benzene rings is 2. The van der Waals surface area contributed by atoms with Crippen LogP contribution in [0.2, 0.25) is 0 Å². The average Bonchev–Trinajstić information content (AvgIpc) is 3.39. The van der Waals surface area contributed by atoms with E-state index in [0.717, 1.165) is 34.0 Å². The lowest BCUT2D eigenvalue weighted by atomic mass is 10.2. The maximum atomic E-state index is 13.1. The molecule has 0 bridgehead atoms. The van der Waals surface area contributed by atoms with E-state index in [-0.39, 0.29) is 6.04 Å². The van der Waals surface area contributed by atoms with E-state index in [1.54, 1.807) is 16.4 Å². The number of hydrogen-bond donors (Lipinski definition) is 0. The van der Waals surface area contributed by atoms with Crippen LogP contribution in [0.1, 0.15) is 40.0 Å². The number of aromatic nitrogens is 2. The third-order valence-electron chi connectivity index (χ3n) is 4.94. The fourth-order valence-electron chi connectivity index (χ4n) is 3.41. The van der Waals surface area contributed by atoms with Crippen LogP contribution in [0.15, 0.2) is 59.5 Å². The second-order valence-corrected chi connectivity index (χ2v) is 10.1. The first-order chi connectivity index (χ1) is 14.0. The quantitative estimate of drug-likeness (QED) is 0.566. The van der Waals surface area contributed by atoms with Crippen LogP contribution in [0.4, 0.5) is 0 Å². The first kappa shape index (κ1) is 20.2. The van der Waals surface area contributed by atoms with Gasteiger partial charge in [0.25, 0.3) is 0 Å². The Labute approximate surface area is 175 Å².